The number of hydrogen-bond acceptors (Lipinski definition) is 5. The standard InChI is InChI=1S/C14H21N3O3/c1-10-5-7-15-12(16-10)19-11-6-8-17(9-11)13(18)20-14(2,3)4/h5,7,11H,6,8-9H2,1-4H3/t11-/m1/s1. The molecule has 1 aliphatic rings. The van der Waals surface area contributed by atoms with Crippen molar-refractivity contribution in [3.8, 4) is 6.01 Å². The molecule has 1 saturated heterocycles. The van der Waals surface area contributed by atoms with Crippen molar-refractivity contribution < 1.29 is 14.3 Å². The highest BCUT2D eigenvalue weighted by Crippen LogP contribution is 2.18. The fourth-order valence-corrected chi connectivity index (χ4v) is 1.95. The average Bonchev–Trinajstić information content (AvgIpc) is 2.75. The van der Waals surface area contributed by atoms with E-state index in [1.165, 1.54) is 0 Å². The third-order valence-electron chi connectivity index (χ3n) is 2.84. The van der Waals surface area contributed by atoms with Crippen LogP contribution in [0.4, 0.5) is 4.79 Å². The van der Waals surface area contributed by atoms with Gasteiger partial charge < -0.3 is 14.4 Å². The lowest BCUT2D eigenvalue weighted by Crippen LogP contribution is -2.36. The molecule has 0 bridgehead atoms. The highest BCUT2D eigenvalue weighted by molar-refractivity contribution is 5.68. The molecule has 2 heterocycles. The highest BCUT2D eigenvalue weighted by atomic mass is 16.6. The summed E-state index contributed by atoms with van der Waals surface area (Å²) in [5.41, 5.74) is 0.382. The lowest BCUT2D eigenvalue weighted by atomic mass is 10.2. The fourth-order valence-electron chi connectivity index (χ4n) is 1.95. The number of hydrogen-bond donors (Lipinski definition) is 0. The van der Waals surface area contributed by atoms with Crippen molar-refractivity contribution in [2.45, 2.75) is 45.8 Å². The van der Waals surface area contributed by atoms with E-state index in [1.807, 2.05) is 33.8 Å². The Morgan fingerprint density at radius 1 is 1.45 bits per heavy atom. The average molecular weight is 279 g/mol. The van der Waals surface area contributed by atoms with E-state index in [-0.39, 0.29) is 12.2 Å². The maximum absolute atomic E-state index is 11.9. The summed E-state index contributed by atoms with van der Waals surface area (Å²) in [6.45, 7) is 8.59. The summed E-state index contributed by atoms with van der Waals surface area (Å²) < 4.78 is 11.0. The van der Waals surface area contributed by atoms with Crippen LogP contribution in [0.15, 0.2) is 12.3 Å². The fraction of sp³-hybridized carbons (Fsp3) is 0.643. The Balaban J connectivity index is 1.88. The van der Waals surface area contributed by atoms with Crippen molar-refractivity contribution in [1.29, 1.82) is 0 Å². The van der Waals surface area contributed by atoms with E-state index in [9.17, 15) is 4.79 Å². The molecule has 0 radical (unpaired) electrons. The number of carbonyl (C=O) groups is 1. The summed E-state index contributed by atoms with van der Waals surface area (Å²) in [4.78, 5) is 21.9. The maximum atomic E-state index is 11.9. The zero-order valence-corrected chi connectivity index (χ0v) is 12.4. The Bertz CT molecular complexity index is 485. The van der Waals surface area contributed by atoms with Crippen molar-refractivity contribution in [1.82, 2.24) is 14.9 Å². The van der Waals surface area contributed by atoms with Crippen LogP contribution < -0.4 is 4.74 Å². The van der Waals surface area contributed by atoms with E-state index in [2.05, 4.69) is 9.97 Å². The molecule has 0 spiro atoms. The first-order valence-corrected chi connectivity index (χ1v) is 6.78. The first-order chi connectivity index (χ1) is 9.33. The van der Waals surface area contributed by atoms with E-state index in [0.717, 1.165) is 12.1 Å². The molecule has 110 valence electrons. The summed E-state index contributed by atoms with van der Waals surface area (Å²) in [5, 5.41) is 0. The molecule has 1 aromatic heterocycles. The molecule has 1 aromatic rings. The van der Waals surface area contributed by atoms with E-state index in [4.69, 9.17) is 9.47 Å². The first kappa shape index (κ1) is 14.6. The minimum absolute atomic E-state index is 0.0793. The number of nitrogens with zero attached hydrogens (tertiary/aromatic N) is 3. The second-order valence-corrected chi connectivity index (χ2v) is 5.94. The molecule has 1 fully saturated rings. The number of ether oxygens (including phenoxy) is 2. The third kappa shape index (κ3) is 4.08. The van der Waals surface area contributed by atoms with E-state index in [0.29, 0.717) is 19.1 Å². The molecule has 0 unspecified atom stereocenters. The summed E-state index contributed by atoms with van der Waals surface area (Å²) in [5.74, 6) is 0. The van der Waals surface area contributed by atoms with Crippen LogP contribution in [-0.2, 0) is 4.74 Å². The number of aromatic nitrogens is 2. The van der Waals surface area contributed by atoms with Crippen molar-refractivity contribution in [3.63, 3.8) is 0 Å². The largest absolute Gasteiger partial charge is 0.458 e. The predicted octanol–water partition coefficient (Wildman–Crippen LogP) is 2.17. The van der Waals surface area contributed by atoms with Crippen LogP contribution >= 0.6 is 0 Å². The quantitative estimate of drug-likeness (QED) is 0.830. The van der Waals surface area contributed by atoms with Gasteiger partial charge in [0.15, 0.2) is 0 Å². The molecular weight excluding hydrogens is 258 g/mol. The Morgan fingerprint density at radius 2 is 2.20 bits per heavy atom. The number of amides is 1. The molecule has 2 rings (SSSR count). The SMILES string of the molecule is Cc1ccnc(O[C@@H]2CCN(C(=O)OC(C)(C)C)C2)n1. The van der Waals surface area contributed by atoms with Crippen molar-refractivity contribution in [3.05, 3.63) is 18.0 Å². The van der Waals surface area contributed by atoms with Gasteiger partial charge in [-0.1, -0.05) is 0 Å². The van der Waals surface area contributed by atoms with Crippen molar-refractivity contribution in [2.75, 3.05) is 13.1 Å². The lowest BCUT2D eigenvalue weighted by molar-refractivity contribution is 0.0274. The molecule has 0 N–H and O–H groups in total. The van der Waals surface area contributed by atoms with Crippen LogP contribution in [0.5, 0.6) is 6.01 Å². The zero-order chi connectivity index (χ0) is 14.8. The van der Waals surface area contributed by atoms with Gasteiger partial charge in [0.05, 0.1) is 6.54 Å². The molecular formula is C14H21N3O3. The van der Waals surface area contributed by atoms with Gasteiger partial charge in [-0.05, 0) is 33.8 Å². The maximum Gasteiger partial charge on any atom is 0.410 e. The van der Waals surface area contributed by atoms with Crippen molar-refractivity contribution >= 4 is 6.09 Å². The third-order valence-corrected chi connectivity index (χ3v) is 2.84. The van der Waals surface area contributed by atoms with Gasteiger partial charge in [0.1, 0.15) is 11.7 Å². The predicted molar refractivity (Wildman–Crippen MR) is 73.6 cm³/mol. The Labute approximate surface area is 119 Å². The van der Waals surface area contributed by atoms with E-state index in [1.54, 1.807) is 11.1 Å². The van der Waals surface area contributed by atoms with Gasteiger partial charge in [-0.15, -0.1) is 0 Å². The van der Waals surface area contributed by atoms with Crippen molar-refractivity contribution in [2.24, 2.45) is 0 Å². The summed E-state index contributed by atoms with van der Waals surface area (Å²) in [6.07, 6.45) is 2.05. The van der Waals surface area contributed by atoms with Crippen LogP contribution in [0.2, 0.25) is 0 Å². The lowest BCUT2D eigenvalue weighted by Gasteiger charge is -2.24. The first-order valence-electron chi connectivity index (χ1n) is 6.78. The van der Waals surface area contributed by atoms with Gasteiger partial charge in [-0.2, -0.15) is 0 Å². The van der Waals surface area contributed by atoms with E-state index >= 15 is 0 Å². The topological polar surface area (TPSA) is 64.5 Å². The Morgan fingerprint density at radius 3 is 2.85 bits per heavy atom. The van der Waals surface area contributed by atoms with Crippen LogP contribution in [0.1, 0.15) is 32.9 Å². The van der Waals surface area contributed by atoms with Crippen LogP contribution in [0.3, 0.4) is 0 Å². The molecule has 0 aromatic carbocycles. The minimum atomic E-state index is -0.477. The second kappa shape index (κ2) is 5.64. The summed E-state index contributed by atoms with van der Waals surface area (Å²) in [6, 6.07) is 2.18. The van der Waals surface area contributed by atoms with Gasteiger partial charge in [0, 0.05) is 24.9 Å². The van der Waals surface area contributed by atoms with Gasteiger partial charge in [-0.3, -0.25) is 0 Å². The van der Waals surface area contributed by atoms with E-state index < -0.39 is 5.60 Å². The normalized spacial score (nSPS) is 19.0. The number of carbonyl (C=O) groups excluding carboxylic acids is 1. The van der Waals surface area contributed by atoms with Crippen LogP contribution in [0.25, 0.3) is 0 Å². The van der Waals surface area contributed by atoms with Gasteiger partial charge in [0.25, 0.3) is 0 Å². The minimum Gasteiger partial charge on any atom is -0.458 e. The molecule has 0 saturated carbocycles. The summed E-state index contributed by atoms with van der Waals surface area (Å²) >= 11 is 0. The van der Waals surface area contributed by atoms with Crippen LogP contribution in [-0.4, -0.2) is 45.8 Å². The van der Waals surface area contributed by atoms with Gasteiger partial charge in [-0.25, -0.2) is 14.8 Å². The monoisotopic (exact) mass is 279 g/mol. The Hall–Kier alpha value is -1.85. The number of aryl methyl sites for hydroxylation is 1. The molecule has 6 heteroatoms. The molecule has 20 heavy (non-hydrogen) atoms. The van der Waals surface area contributed by atoms with Crippen LogP contribution in [0, 0.1) is 6.92 Å². The second-order valence-electron chi connectivity index (χ2n) is 5.94. The molecule has 0 aliphatic carbocycles. The molecule has 1 amide bonds. The smallest absolute Gasteiger partial charge is 0.410 e. The van der Waals surface area contributed by atoms with Gasteiger partial charge >= 0.3 is 12.1 Å². The highest BCUT2D eigenvalue weighted by Gasteiger charge is 2.31. The zero-order valence-electron chi connectivity index (χ0n) is 12.4. The molecule has 1 atom stereocenters. The number of rotatable bonds is 2. The summed E-state index contributed by atoms with van der Waals surface area (Å²) in [7, 11) is 0. The van der Waals surface area contributed by atoms with Gasteiger partial charge in [0.2, 0.25) is 0 Å². The Kier molecular flexibility index (Phi) is 4.11. The number of likely N-dealkylation sites (tertiary alicyclic amines) is 1. The molecule has 6 nitrogen and oxygen atoms in total. The molecule has 1 aliphatic heterocycles.